The molecule has 0 heterocycles. The molecule has 96 valence electrons. The Hall–Kier alpha value is -0.530. The standard InChI is InChI=1S/C14H28O2/c1-5-6-11(2)9-13(4)10-12(3)7-8-14(15)16/h11-13H,5-10H2,1-4H3,(H,15,16)/t11-,12+,13-/m1/s1. The maximum atomic E-state index is 10.5. The van der Waals surface area contributed by atoms with E-state index in [1.54, 1.807) is 0 Å². The van der Waals surface area contributed by atoms with E-state index in [-0.39, 0.29) is 0 Å². The van der Waals surface area contributed by atoms with Crippen LogP contribution in [-0.4, -0.2) is 11.1 Å². The maximum Gasteiger partial charge on any atom is 0.303 e. The lowest BCUT2D eigenvalue weighted by atomic mass is 9.86. The van der Waals surface area contributed by atoms with Gasteiger partial charge in [-0.1, -0.05) is 40.5 Å². The monoisotopic (exact) mass is 228 g/mol. The van der Waals surface area contributed by atoms with Crippen LogP contribution in [0.4, 0.5) is 0 Å². The zero-order valence-electron chi connectivity index (χ0n) is 11.3. The Morgan fingerprint density at radius 3 is 1.94 bits per heavy atom. The third-order valence-electron chi connectivity index (χ3n) is 3.24. The lowest BCUT2D eigenvalue weighted by Gasteiger charge is -2.20. The number of carboxylic acids is 1. The fourth-order valence-corrected chi connectivity index (χ4v) is 2.57. The summed E-state index contributed by atoms with van der Waals surface area (Å²) in [4.78, 5) is 10.5. The molecule has 0 unspecified atom stereocenters. The Morgan fingerprint density at radius 2 is 1.50 bits per heavy atom. The van der Waals surface area contributed by atoms with Crippen LogP contribution in [0.25, 0.3) is 0 Å². The fourth-order valence-electron chi connectivity index (χ4n) is 2.57. The van der Waals surface area contributed by atoms with Crippen molar-refractivity contribution in [2.75, 3.05) is 0 Å². The first-order valence-corrected chi connectivity index (χ1v) is 6.67. The number of aliphatic carboxylic acids is 1. The van der Waals surface area contributed by atoms with E-state index in [0.29, 0.717) is 12.3 Å². The van der Waals surface area contributed by atoms with Gasteiger partial charge >= 0.3 is 5.97 Å². The van der Waals surface area contributed by atoms with Crippen LogP contribution < -0.4 is 0 Å². The van der Waals surface area contributed by atoms with Crippen LogP contribution in [0.1, 0.15) is 66.2 Å². The summed E-state index contributed by atoms with van der Waals surface area (Å²) >= 11 is 0. The first-order valence-electron chi connectivity index (χ1n) is 6.67. The van der Waals surface area contributed by atoms with E-state index in [4.69, 9.17) is 5.11 Å². The second-order valence-electron chi connectivity index (χ2n) is 5.51. The highest BCUT2D eigenvalue weighted by atomic mass is 16.4. The van der Waals surface area contributed by atoms with E-state index < -0.39 is 5.97 Å². The highest BCUT2D eigenvalue weighted by Crippen LogP contribution is 2.24. The molecule has 0 saturated carbocycles. The van der Waals surface area contributed by atoms with Crippen molar-refractivity contribution in [2.24, 2.45) is 17.8 Å². The Kier molecular flexibility index (Phi) is 8.32. The van der Waals surface area contributed by atoms with Gasteiger partial charge < -0.3 is 5.11 Å². The van der Waals surface area contributed by atoms with Gasteiger partial charge in [0.25, 0.3) is 0 Å². The normalized spacial score (nSPS) is 16.8. The van der Waals surface area contributed by atoms with Crippen LogP contribution in [0, 0.1) is 17.8 Å². The van der Waals surface area contributed by atoms with E-state index in [9.17, 15) is 4.79 Å². The molecule has 0 rings (SSSR count). The quantitative estimate of drug-likeness (QED) is 0.637. The van der Waals surface area contributed by atoms with Gasteiger partial charge in [-0.25, -0.2) is 0 Å². The molecule has 0 aromatic carbocycles. The van der Waals surface area contributed by atoms with Crippen LogP contribution in [0.5, 0.6) is 0 Å². The molecular weight excluding hydrogens is 200 g/mol. The smallest absolute Gasteiger partial charge is 0.303 e. The predicted octanol–water partition coefficient (Wildman–Crippen LogP) is 4.34. The number of hydrogen-bond acceptors (Lipinski definition) is 1. The van der Waals surface area contributed by atoms with E-state index >= 15 is 0 Å². The summed E-state index contributed by atoms with van der Waals surface area (Å²) in [6.45, 7) is 9.02. The summed E-state index contributed by atoms with van der Waals surface area (Å²) < 4.78 is 0. The van der Waals surface area contributed by atoms with E-state index in [2.05, 4.69) is 27.7 Å². The molecule has 0 spiro atoms. The molecule has 0 aromatic rings. The zero-order valence-corrected chi connectivity index (χ0v) is 11.3. The third-order valence-corrected chi connectivity index (χ3v) is 3.24. The molecule has 0 aliphatic heterocycles. The first-order chi connectivity index (χ1) is 7.45. The Bertz CT molecular complexity index is 189. The van der Waals surface area contributed by atoms with Gasteiger partial charge in [-0.2, -0.15) is 0 Å². The molecule has 16 heavy (non-hydrogen) atoms. The molecule has 3 atom stereocenters. The molecule has 0 aromatic heterocycles. The molecule has 0 saturated heterocycles. The van der Waals surface area contributed by atoms with Crippen LogP contribution in [0.3, 0.4) is 0 Å². The van der Waals surface area contributed by atoms with Gasteiger partial charge in [0.2, 0.25) is 0 Å². The predicted molar refractivity (Wildman–Crippen MR) is 68.5 cm³/mol. The fraction of sp³-hybridized carbons (Fsp3) is 0.929. The van der Waals surface area contributed by atoms with Crippen LogP contribution in [-0.2, 0) is 4.79 Å². The molecule has 0 amide bonds. The van der Waals surface area contributed by atoms with Crippen molar-refractivity contribution in [1.82, 2.24) is 0 Å². The molecule has 0 aliphatic carbocycles. The van der Waals surface area contributed by atoms with Gasteiger partial charge in [-0.15, -0.1) is 0 Å². The second kappa shape index (κ2) is 8.60. The van der Waals surface area contributed by atoms with Crippen molar-refractivity contribution in [1.29, 1.82) is 0 Å². The SMILES string of the molecule is CCC[C@@H](C)C[C@@H](C)C[C@@H](C)CCC(=O)O. The Labute approximate surface area is 100 Å². The maximum absolute atomic E-state index is 10.5. The molecule has 0 radical (unpaired) electrons. The van der Waals surface area contributed by atoms with Gasteiger partial charge in [0.05, 0.1) is 0 Å². The van der Waals surface area contributed by atoms with Crippen LogP contribution in [0.15, 0.2) is 0 Å². The summed E-state index contributed by atoms with van der Waals surface area (Å²) in [7, 11) is 0. The topological polar surface area (TPSA) is 37.3 Å². The van der Waals surface area contributed by atoms with Crippen molar-refractivity contribution in [3.8, 4) is 0 Å². The summed E-state index contributed by atoms with van der Waals surface area (Å²) in [5.74, 6) is 1.41. The van der Waals surface area contributed by atoms with Gasteiger partial charge in [0.15, 0.2) is 0 Å². The zero-order chi connectivity index (χ0) is 12.6. The van der Waals surface area contributed by atoms with Gasteiger partial charge in [-0.05, 0) is 37.0 Å². The minimum absolute atomic E-state index is 0.318. The van der Waals surface area contributed by atoms with E-state index in [0.717, 1.165) is 18.3 Å². The van der Waals surface area contributed by atoms with Gasteiger partial charge in [0, 0.05) is 6.42 Å². The molecule has 2 nitrogen and oxygen atoms in total. The van der Waals surface area contributed by atoms with Crippen LogP contribution >= 0.6 is 0 Å². The van der Waals surface area contributed by atoms with Crippen molar-refractivity contribution >= 4 is 5.97 Å². The largest absolute Gasteiger partial charge is 0.481 e. The lowest BCUT2D eigenvalue weighted by molar-refractivity contribution is -0.137. The van der Waals surface area contributed by atoms with Gasteiger partial charge in [0.1, 0.15) is 0 Å². The summed E-state index contributed by atoms with van der Waals surface area (Å²) in [6, 6.07) is 0. The molecule has 1 N–H and O–H groups in total. The number of carboxylic acid groups (broad SMARTS) is 1. The minimum atomic E-state index is -0.668. The molecule has 0 aliphatic rings. The van der Waals surface area contributed by atoms with E-state index in [1.807, 2.05) is 0 Å². The average Bonchev–Trinajstić information content (AvgIpc) is 2.14. The van der Waals surface area contributed by atoms with Crippen LogP contribution in [0.2, 0.25) is 0 Å². The molecule has 2 heteroatoms. The average molecular weight is 228 g/mol. The Balaban J connectivity index is 3.68. The minimum Gasteiger partial charge on any atom is -0.481 e. The summed E-state index contributed by atoms with van der Waals surface area (Å²) in [5.41, 5.74) is 0. The van der Waals surface area contributed by atoms with E-state index in [1.165, 1.54) is 25.7 Å². The van der Waals surface area contributed by atoms with Crippen molar-refractivity contribution in [3.63, 3.8) is 0 Å². The highest BCUT2D eigenvalue weighted by Gasteiger charge is 2.13. The number of carbonyl (C=O) groups is 1. The number of rotatable bonds is 9. The third kappa shape index (κ3) is 8.75. The van der Waals surface area contributed by atoms with Crippen molar-refractivity contribution in [2.45, 2.75) is 66.2 Å². The lowest BCUT2D eigenvalue weighted by Crippen LogP contribution is -2.09. The second-order valence-corrected chi connectivity index (χ2v) is 5.51. The number of hydrogen-bond donors (Lipinski definition) is 1. The van der Waals surface area contributed by atoms with Gasteiger partial charge in [-0.3, -0.25) is 4.79 Å². The molecular formula is C14H28O2. The first kappa shape index (κ1) is 15.5. The van der Waals surface area contributed by atoms with Crippen molar-refractivity contribution in [3.05, 3.63) is 0 Å². The van der Waals surface area contributed by atoms with Crippen molar-refractivity contribution < 1.29 is 9.90 Å². The molecule has 0 bridgehead atoms. The molecule has 0 fully saturated rings. The summed E-state index contributed by atoms with van der Waals surface area (Å²) in [5, 5.41) is 8.61. The Morgan fingerprint density at radius 1 is 1.00 bits per heavy atom. The highest BCUT2D eigenvalue weighted by molar-refractivity contribution is 5.66. The summed E-state index contributed by atoms with van der Waals surface area (Å²) in [6.07, 6.45) is 6.17.